The summed E-state index contributed by atoms with van der Waals surface area (Å²) >= 11 is 6.00. The monoisotopic (exact) mass is 241 g/mol. The van der Waals surface area contributed by atoms with E-state index in [0.29, 0.717) is 11.4 Å². The fourth-order valence-corrected chi connectivity index (χ4v) is 1.60. The van der Waals surface area contributed by atoms with Crippen molar-refractivity contribution < 1.29 is 9.53 Å². The second-order valence-electron chi connectivity index (χ2n) is 3.54. The number of carbonyl (C=O) groups is 1. The van der Waals surface area contributed by atoms with Crippen LogP contribution in [-0.2, 0) is 9.53 Å². The van der Waals surface area contributed by atoms with Gasteiger partial charge >= 0.3 is 5.97 Å². The molecule has 0 fully saturated rings. The normalized spacial score (nSPS) is 12.0. The molecule has 0 bridgehead atoms. The summed E-state index contributed by atoms with van der Waals surface area (Å²) in [5, 5.41) is 3.81. The first-order valence-corrected chi connectivity index (χ1v) is 5.57. The topological polar surface area (TPSA) is 38.3 Å². The quantitative estimate of drug-likeness (QED) is 0.824. The van der Waals surface area contributed by atoms with Gasteiger partial charge in [0.25, 0.3) is 0 Å². The highest BCUT2D eigenvalue weighted by molar-refractivity contribution is 6.31. The molecule has 4 heteroatoms. The minimum atomic E-state index is -0.331. The van der Waals surface area contributed by atoms with Crippen molar-refractivity contribution >= 4 is 23.3 Å². The third kappa shape index (κ3) is 2.89. The Balaban J connectivity index is 2.86. The Labute approximate surface area is 101 Å². The lowest BCUT2D eigenvalue weighted by Gasteiger charge is -2.17. The average Bonchev–Trinajstić information content (AvgIpc) is 2.30. The molecule has 0 aliphatic rings. The van der Waals surface area contributed by atoms with E-state index in [4.69, 9.17) is 16.3 Å². The summed E-state index contributed by atoms with van der Waals surface area (Å²) in [5.74, 6) is -0.262. The molecule has 0 spiro atoms. The Morgan fingerprint density at radius 2 is 2.25 bits per heavy atom. The maximum atomic E-state index is 11.4. The Bertz CT molecular complexity index is 379. The second kappa shape index (κ2) is 5.75. The molecule has 0 radical (unpaired) electrons. The molecule has 88 valence electrons. The van der Waals surface area contributed by atoms with Gasteiger partial charge in [-0.15, -0.1) is 0 Å². The zero-order valence-corrected chi connectivity index (χ0v) is 10.5. The Hall–Kier alpha value is -1.22. The van der Waals surface area contributed by atoms with Crippen molar-refractivity contribution in [1.82, 2.24) is 0 Å². The van der Waals surface area contributed by atoms with Crippen molar-refractivity contribution in [3.63, 3.8) is 0 Å². The van der Waals surface area contributed by atoms with Gasteiger partial charge in [0.1, 0.15) is 6.04 Å². The zero-order chi connectivity index (χ0) is 12.1. The van der Waals surface area contributed by atoms with Crippen LogP contribution in [-0.4, -0.2) is 19.1 Å². The van der Waals surface area contributed by atoms with Crippen molar-refractivity contribution in [2.45, 2.75) is 26.3 Å². The number of ether oxygens (including phenoxy) is 1. The van der Waals surface area contributed by atoms with Gasteiger partial charge in [-0.2, -0.15) is 0 Å². The van der Waals surface area contributed by atoms with E-state index in [0.717, 1.165) is 11.3 Å². The van der Waals surface area contributed by atoms with Crippen LogP contribution in [0.3, 0.4) is 0 Å². The number of halogens is 1. The van der Waals surface area contributed by atoms with Crippen LogP contribution in [0.4, 0.5) is 5.69 Å². The maximum absolute atomic E-state index is 11.4. The lowest BCUT2D eigenvalue weighted by atomic mass is 10.1. The van der Waals surface area contributed by atoms with Crippen LogP contribution in [0.1, 0.15) is 18.9 Å². The van der Waals surface area contributed by atoms with Gasteiger partial charge in [0, 0.05) is 10.7 Å². The molecule has 0 aromatic heterocycles. The molecule has 1 unspecified atom stereocenters. The molecule has 1 atom stereocenters. The van der Waals surface area contributed by atoms with E-state index in [9.17, 15) is 4.79 Å². The molecule has 1 aromatic carbocycles. The molecule has 0 saturated heterocycles. The highest BCUT2D eigenvalue weighted by Gasteiger charge is 2.17. The molecule has 0 aliphatic heterocycles. The zero-order valence-electron chi connectivity index (χ0n) is 9.71. The Morgan fingerprint density at radius 3 is 2.81 bits per heavy atom. The van der Waals surface area contributed by atoms with Crippen LogP contribution in [0.25, 0.3) is 0 Å². The number of hydrogen-bond acceptors (Lipinski definition) is 3. The number of carbonyl (C=O) groups excluding carboxylic acids is 1. The molecule has 0 saturated carbocycles. The molecule has 0 heterocycles. The first kappa shape index (κ1) is 12.8. The highest BCUT2D eigenvalue weighted by atomic mass is 35.5. The average molecular weight is 242 g/mol. The number of methoxy groups -OCH3 is 1. The van der Waals surface area contributed by atoms with Gasteiger partial charge in [-0.05, 0) is 31.0 Å². The van der Waals surface area contributed by atoms with Crippen molar-refractivity contribution in [2.75, 3.05) is 12.4 Å². The first-order chi connectivity index (χ1) is 7.60. The molecule has 1 aromatic rings. The van der Waals surface area contributed by atoms with Crippen LogP contribution in [0, 0.1) is 6.92 Å². The lowest BCUT2D eigenvalue weighted by Crippen LogP contribution is -2.30. The molecular formula is C12H16ClNO2. The third-order valence-electron chi connectivity index (χ3n) is 2.49. The number of hydrogen-bond donors (Lipinski definition) is 1. The summed E-state index contributed by atoms with van der Waals surface area (Å²) in [4.78, 5) is 11.4. The summed E-state index contributed by atoms with van der Waals surface area (Å²) in [6.07, 6.45) is 0.665. The number of rotatable bonds is 4. The number of esters is 1. The van der Waals surface area contributed by atoms with E-state index in [1.165, 1.54) is 7.11 Å². The smallest absolute Gasteiger partial charge is 0.328 e. The lowest BCUT2D eigenvalue weighted by molar-refractivity contribution is -0.141. The number of benzene rings is 1. The summed E-state index contributed by atoms with van der Waals surface area (Å²) < 4.78 is 4.71. The Kier molecular flexibility index (Phi) is 4.62. The van der Waals surface area contributed by atoms with E-state index >= 15 is 0 Å². The van der Waals surface area contributed by atoms with Crippen molar-refractivity contribution in [2.24, 2.45) is 0 Å². The fraction of sp³-hybridized carbons (Fsp3) is 0.417. The minimum Gasteiger partial charge on any atom is -0.467 e. The summed E-state index contributed by atoms with van der Waals surface area (Å²) in [6.45, 7) is 3.84. The molecule has 3 nitrogen and oxygen atoms in total. The summed E-state index contributed by atoms with van der Waals surface area (Å²) in [5.41, 5.74) is 1.80. The molecule has 1 N–H and O–H groups in total. The van der Waals surface area contributed by atoms with Crippen molar-refractivity contribution in [3.8, 4) is 0 Å². The van der Waals surface area contributed by atoms with Gasteiger partial charge in [0.05, 0.1) is 7.11 Å². The van der Waals surface area contributed by atoms with E-state index in [1.54, 1.807) is 0 Å². The van der Waals surface area contributed by atoms with E-state index in [2.05, 4.69) is 5.32 Å². The van der Waals surface area contributed by atoms with Crippen LogP contribution in [0.15, 0.2) is 18.2 Å². The molecular weight excluding hydrogens is 226 g/mol. The van der Waals surface area contributed by atoms with Crippen molar-refractivity contribution in [3.05, 3.63) is 28.8 Å². The van der Waals surface area contributed by atoms with Gasteiger partial charge in [-0.3, -0.25) is 0 Å². The predicted molar refractivity (Wildman–Crippen MR) is 65.9 cm³/mol. The summed E-state index contributed by atoms with van der Waals surface area (Å²) in [7, 11) is 1.39. The maximum Gasteiger partial charge on any atom is 0.328 e. The van der Waals surface area contributed by atoms with Crippen LogP contribution in [0.2, 0.25) is 5.02 Å². The van der Waals surface area contributed by atoms with Crippen LogP contribution >= 0.6 is 11.6 Å². The minimum absolute atomic E-state index is 0.262. The van der Waals surface area contributed by atoms with Gasteiger partial charge in [0.15, 0.2) is 0 Å². The molecule has 0 aliphatic carbocycles. The van der Waals surface area contributed by atoms with Gasteiger partial charge in [-0.25, -0.2) is 4.79 Å². The first-order valence-electron chi connectivity index (χ1n) is 5.19. The van der Waals surface area contributed by atoms with Crippen LogP contribution < -0.4 is 5.32 Å². The third-order valence-corrected chi connectivity index (χ3v) is 2.90. The van der Waals surface area contributed by atoms with E-state index in [-0.39, 0.29) is 12.0 Å². The Morgan fingerprint density at radius 1 is 1.56 bits per heavy atom. The van der Waals surface area contributed by atoms with E-state index in [1.807, 2.05) is 32.0 Å². The number of nitrogens with one attached hydrogen (secondary N) is 1. The standard InChI is InChI=1S/C12H16ClNO2/c1-4-10(12(15)16-3)14-11-7-5-6-9(13)8(11)2/h5-7,10,14H,4H2,1-3H3. The molecule has 0 amide bonds. The van der Waals surface area contributed by atoms with Crippen LogP contribution in [0.5, 0.6) is 0 Å². The van der Waals surface area contributed by atoms with Gasteiger partial charge < -0.3 is 10.1 Å². The van der Waals surface area contributed by atoms with Gasteiger partial charge in [0.2, 0.25) is 0 Å². The predicted octanol–water partition coefficient (Wildman–Crippen LogP) is 3.01. The highest BCUT2D eigenvalue weighted by Crippen LogP contribution is 2.23. The number of anilines is 1. The van der Waals surface area contributed by atoms with E-state index < -0.39 is 0 Å². The second-order valence-corrected chi connectivity index (χ2v) is 3.95. The fourth-order valence-electron chi connectivity index (χ4n) is 1.42. The van der Waals surface area contributed by atoms with Crippen molar-refractivity contribution in [1.29, 1.82) is 0 Å². The SMILES string of the molecule is CCC(Nc1cccc(Cl)c1C)C(=O)OC. The largest absolute Gasteiger partial charge is 0.467 e. The molecule has 16 heavy (non-hydrogen) atoms. The van der Waals surface area contributed by atoms with Gasteiger partial charge in [-0.1, -0.05) is 24.6 Å². The molecule has 1 rings (SSSR count). The summed E-state index contributed by atoms with van der Waals surface area (Å²) in [6, 6.07) is 5.23.